The van der Waals surface area contributed by atoms with E-state index in [9.17, 15) is 10.2 Å². The first-order valence-electron chi connectivity index (χ1n) is 5.14. The number of rotatable bonds is 10. The molecule has 8 nitrogen and oxygen atoms in total. The van der Waals surface area contributed by atoms with Crippen LogP contribution in [0.25, 0.3) is 0 Å². The monoisotopic (exact) mass is 296 g/mol. The summed E-state index contributed by atoms with van der Waals surface area (Å²) in [4.78, 5) is 0. The first kappa shape index (κ1) is 15.8. The lowest BCUT2D eigenvalue weighted by Gasteiger charge is -2.09. The molecular weight excluding hydrogens is 280 g/mol. The molecule has 2 N–H and O–H groups in total. The van der Waals surface area contributed by atoms with Crippen LogP contribution in [0.3, 0.4) is 0 Å². The lowest BCUT2D eigenvalue weighted by Crippen LogP contribution is -2.08. The van der Waals surface area contributed by atoms with Crippen molar-refractivity contribution in [3.63, 3.8) is 0 Å². The van der Waals surface area contributed by atoms with Crippen molar-refractivity contribution >= 4 is 11.3 Å². The van der Waals surface area contributed by atoms with Gasteiger partial charge in [-0.1, -0.05) is 11.3 Å². The van der Waals surface area contributed by atoms with Crippen molar-refractivity contribution in [3.8, 4) is 21.6 Å². The van der Waals surface area contributed by atoms with Crippen LogP contribution in [0.5, 0.6) is 21.6 Å². The van der Waals surface area contributed by atoms with Gasteiger partial charge in [-0.3, -0.25) is 0 Å². The minimum Gasteiger partial charge on any atom is -0.497 e. The van der Waals surface area contributed by atoms with Crippen LogP contribution >= 0.6 is 11.3 Å². The Kier molecular flexibility index (Phi) is 7.30. The van der Waals surface area contributed by atoms with E-state index in [0.717, 1.165) is 0 Å². The first-order valence-corrected chi connectivity index (χ1v) is 5.96. The summed E-state index contributed by atoms with van der Waals surface area (Å²) in [7, 11) is 2.94. The van der Waals surface area contributed by atoms with Gasteiger partial charge in [0.25, 0.3) is 0 Å². The van der Waals surface area contributed by atoms with E-state index in [1.807, 2.05) is 0 Å². The fourth-order valence-corrected chi connectivity index (χ4v) is 1.74. The third-order valence-corrected chi connectivity index (χ3v) is 2.52. The van der Waals surface area contributed by atoms with Crippen molar-refractivity contribution in [1.29, 1.82) is 0 Å². The van der Waals surface area contributed by atoms with Crippen LogP contribution < -0.4 is 9.47 Å². The largest absolute Gasteiger partial charge is 0.497 e. The molecule has 0 amide bonds. The number of ether oxygens (including phenoxy) is 6. The zero-order valence-corrected chi connectivity index (χ0v) is 11.4. The van der Waals surface area contributed by atoms with Gasteiger partial charge in [-0.25, -0.2) is 0 Å². The molecule has 0 saturated heterocycles. The maximum absolute atomic E-state index is 9.57. The van der Waals surface area contributed by atoms with Crippen molar-refractivity contribution in [3.05, 3.63) is 0 Å². The highest BCUT2D eigenvalue weighted by atomic mass is 32.1. The zero-order chi connectivity index (χ0) is 14.1. The maximum Gasteiger partial charge on any atom is 0.222 e. The number of methoxy groups -OCH3 is 2. The Hall–Kier alpha value is -1.26. The van der Waals surface area contributed by atoms with Crippen LogP contribution in [0.1, 0.15) is 0 Å². The van der Waals surface area contributed by atoms with Gasteiger partial charge < -0.3 is 38.6 Å². The van der Waals surface area contributed by atoms with Gasteiger partial charge in [0.2, 0.25) is 21.6 Å². The molecule has 9 heteroatoms. The van der Waals surface area contributed by atoms with Crippen LogP contribution in [0, 0.1) is 0 Å². The summed E-state index contributed by atoms with van der Waals surface area (Å²) in [5.74, 6) is -0.0285. The fourth-order valence-electron chi connectivity index (χ4n) is 1.07. The van der Waals surface area contributed by atoms with Gasteiger partial charge in [0.1, 0.15) is 13.6 Å². The van der Waals surface area contributed by atoms with Crippen molar-refractivity contribution in [1.82, 2.24) is 0 Å². The van der Waals surface area contributed by atoms with E-state index in [-0.39, 0.29) is 48.8 Å². The van der Waals surface area contributed by atoms with Gasteiger partial charge in [-0.05, 0) is 0 Å². The number of hydrogen-bond donors (Lipinski definition) is 2. The Morgan fingerprint density at radius 2 is 1.21 bits per heavy atom. The molecule has 19 heavy (non-hydrogen) atoms. The second-order valence-electron chi connectivity index (χ2n) is 3.12. The predicted octanol–water partition coefficient (Wildman–Crippen LogP) is 1.07. The highest BCUT2D eigenvalue weighted by Crippen LogP contribution is 2.51. The van der Waals surface area contributed by atoms with Crippen molar-refractivity contribution in [2.75, 3.05) is 41.4 Å². The molecule has 0 aliphatic carbocycles. The lowest BCUT2D eigenvalue weighted by molar-refractivity contribution is -0.0916. The predicted molar refractivity (Wildman–Crippen MR) is 64.6 cm³/mol. The van der Waals surface area contributed by atoms with Crippen molar-refractivity contribution in [2.45, 2.75) is 0 Å². The van der Waals surface area contributed by atoms with Gasteiger partial charge in [-0.2, -0.15) is 0 Å². The summed E-state index contributed by atoms with van der Waals surface area (Å²) in [5, 5.41) is 18.7. The van der Waals surface area contributed by atoms with Gasteiger partial charge in [0.15, 0.2) is 13.6 Å². The Morgan fingerprint density at radius 3 is 1.58 bits per heavy atom. The molecule has 0 fully saturated rings. The molecule has 1 rings (SSSR count). The molecule has 1 heterocycles. The number of thiophene rings is 1. The minimum absolute atomic E-state index is 0.0142. The fraction of sp³-hybridized carbons (Fsp3) is 0.600. The molecule has 110 valence electrons. The minimum atomic E-state index is -0.222. The Bertz CT molecular complexity index is 334. The van der Waals surface area contributed by atoms with E-state index in [1.165, 1.54) is 14.2 Å². The van der Waals surface area contributed by atoms with E-state index in [0.29, 0.717) is 11.3 Å². The highest BCUT2D eigenvalue weighted by molar-refractivity contribution is 7.16. The molecule has 0 atom stereocenters. The topological polar surface area (TPSA) is 95.8 Å². The molecule has 0 aliphatic heterocycles. The van der Waals surface area contributed by atoms with E-state index < -0.39 is 0 Å². The molecule has 0 radical (unpaired) electrons. The summed E-state index contributed by atoms with van der Waals surface area (Å²) in [6.07, 6.45) is 0. The SMILES string of the molecule is COCOCOc1c(O)sc(O)c1OCOCOC. The summed E-state index contributed by atoms with van der Waals surface area (Å²) in [5.41, 5.74) is 0. The van der Waals surface area contributed by atoms with Crippen LogP contribution in [0.15, 0.2) is 0 Å². The molecule has 1 aromatic heterocycles. The molecule has 0 aliphatic rings. The summed E-state index contributed by atoms with van der Waals surface area (Å²) in [6, 6.07) is 0. The average molecular weight is 296 g/mol. The van der Waals surface area contributed by atoms with Crippen LogP contribution in [0.4, 0.5) is 0 Å². The molecule has 0 saturated carbocycles. The van der Waals surface area contributed by atoms with Gasteiger partial charge >= 0.3 is 0 Å². The van der Waals surface area contributed by atoms with Gasteiger partial charge in [-0.15, -0.1) is 0 Å². The smallest absolute Gasteiger partial charge is 0.222 e. The Labute approximate surface area is 114 Å². The zero-order valence-electron chi connectivity index (χ0n) is 10.6. The number of aromatic hydroxyl groups is 2. The Balaban J connectivity index is 2.52. The van der Waals surface area contributed by atoms with Crippen LogP contribution in [-0.4, -0.2) is 51.6 Å². The highest BCUT2D eigenvalue weighted by Gasteiger charge is 2.21. The van der Waals surface area contributed by atoms with E-state index in [4.69, 9.17) is 18.9 Å². The summed E-state index contributed by atoms with van der Waals surface area (Å²) < 4.78 is 29.4. The quantitative estimate of drug-likeness (QED) is 0.489. The molecule has 0 spiro atoms. The van der Waals surface area contributed by atoms with Crippen LogP contribution in [0.2, 0.25) is 0 Å². The lowest BCUT2D eigenvalue weighted by atomic mass is 10.5. The summed E-state index contributed by atoms with van der Waals surface area (Å²) in [6.45, 7) is -0.228. The summed E-state index contributed by atoms with van der Waals surface area (Å²) >= 11 is 0.711. The van der Waals surface area contributed by atoms with Crippen LogP contribution in [-0.2, 0) is 18.9 Å². The van der Waals surface area contributed by atoms with Gasteiger partial charge in [0, 0.05) is 14.2 Å². The average Bonchev–Trinajstić information content (AvgIpc) is 2.65. The van der Waals surface area contributed by atoms with E-state index >= 15 is 0 Å². The molecule has 0 bridgehead atoms. The molecule has 1 aromatic rings. The second-order valence-corrected chi connectivity index (χ2v) is 4.09. The van der Waals surface area contributed by atoms with E-state index in [1.54, 1.807) is 0 Å². The molecule has 0 unspecified atom stereocenters. The Morgan fingerprint density at radius 1 is 0.789 bits per heavy atom. The normalized spacial score (nSPS) is 10.6. The number of hydrogen-bond acceptors (Lipinski definition) is 9. The van der Waals surface area contributed by atoms with Crippen molar-refractivity contribution < 1.29 is 38.6 Å². The molecule has 0 aromatic carbocycles. The third kappa shape index (κ3) is 5.09. The first-order chi connectivity index (χ1) is 9.20. The van der Waals surface area contributed by atoms with Crippen molar-refractivity contribution in [2.24, 2.45) is 0 Å². The standard InChI is InChI=1S/C10H16O8S/c1-13-3-15-5-17-7-8(10(12)19-9(7)11)18-6-16-4-14-2/h11-12H,3-6H2,1-2H3. The third-order valence-electron chi connectivity index (χ3n) is 1.76. The van der Waals surface area contributed by atoms with Gasteiger partial charge in [0.05, 0.1) is 0 Å². The molecular formula is C10H16O8S. The maximum atomic E-state index is 9.57. The van der Waals surface area contributed by atoms with E-state index in [2.05, 4.69) is 9.47 Å². The second kappa shape index (κ2) is 8.77.